The van der Waals surface area contributed by atoms with Gasteiger partial charge in [-0.1, -0.05) is 23.2 Å². The second kappa shape index (κ2) is 4.69. The third kappa shape index (κ3) is 2.19. The van der Waals surface area contributed by atoms with Crippen LogP contribution in [0.25, 0.3) is 16.1 Å². The van der Waals surface area contributed by atoms with Crippen molar-refractivity contribution in [3.8, 4) is 11.3 Å². The Labute approximate surface area is 117 Å². The molecule has 2 aromatic rings. The Kier molecular flexibility index (Phi) is 3.43. The van der Waals surface area contributed by atoms with E-state index >= 15 is 0 Å². The number of rotatable bonds is 1. The predicted octanol–water partition coefficient (Wildman–Crippen LogP) is 4.71. The van der Waals surface area contributed by atoms with Gasteiger partial charge in [-0.05, 0) is 28.1 Å². The van der Waals surface area contributed by atoms with Gasteiger partial charge in [0.25, 0.3) is 0 Å². The van der Waals surface area contributed by atoms with E-state index < -0.39 is 0 Å². The molecule has 0 spiro atoms. The lowest BCUT2D eigenvalue weighted by atomic mass is 10.1. The number of aromatic nitrogens is 2. The van der Waals surface area contributed by atoms with E-state index in [-0.39, 0.29) is 0 Å². The summed E-state index contributed by atoms with van der Waals surface area (Å²) in [5, 5.41) is 4.90. The van der Waals surface area contributed by atoms with Gasteiger partial charge in [0.1, 0.15) is 0 Å². The Morgan fingerprint density at radius 3 is 2.53 bits per heavy atom. The fourth-order valence-corrected chi connectivity index (χ4v) is 2.42. The van der Waals surface area contributed by atoms with Gasteiger partial charge in [-0.2, -0.15) is 5.10 Å². The fourth-order valence-electron chi connectivity index (χ4n) is 1.53. The molecule has 1 heterocycles. The molecular weight excluding hydrogens is 325 g/mol. The summed E-state index contributed by atoms with van der Waals surface area (Å²) in [6.07, 6.45) is 1.67. The molecule has 3 nitrogen and oxygen atoms in total. The van der Waals surface area contributed by atoms with Crippen molar-refractivity contribution in [2.45, 2.75) is 0 Å². The summed E-state index contributed by atoms with van der Waals surface area (Å²) >= 11 is 15.3. The smallest absolute Gasteiger partial charge is 0.198 e. The van der Waals surface area contributed by atoms with Crippen LogP contribution in [-0.4, -0.2) is 9.78 Å². The maximum absolute atomic E-state index is 7.17. The summed E-state index contributed by atoms with van der Waals surface area (Å²) in [4.78, 5) is 3.46. The molecule has 2 rings (SSSR count). The molecule has 0 saturated heterocycles. The lowest BCUT2D eigenvalue weighted by Crippen LogP contribution is -1.94. The highest BCUT2D eigenvalue weighted by molar-refractivity contribution is 9.10. The van der Waals surface area contributed by atoms with Crippen LogP contribution in [0.15, 0.2) is 22.8 Å². The molecule has 0 amide bonds. The zero-order valence-corrected chi connectivity index (χ0v) is 11.8. The average molecular weight is 331 g/mol. The van der Waals surface area contributed by atoms with E-state index in [2.05, 4.69) is 25.9 Å². The molecule has 1 aromatic heterocycles. The largest absolute Gasteiger partial charge is 0.268 e. The van der Waals surface area contributed by atoms with Crippen molar-refractivity contribution >= 4 is 44.8 Å². The molecule has 0 fully saturated rings. The maximum Gasteiger partial charge on any atom is 0.198 e. The predicted molar refractivity (Wildman–Crippen MR) is 72.6 cm³/mol. The Balaban J connectivity index is 2.76. The van der Waals surface area contributed by atoms with Crippen molar-refractivity contribution in [3.05, 3.63) is 44.3 Å². The van der Waals surface area contributed by atoms with E-state index in [9.17, 15) is 0 Å². The number of benzene rings is 1. The van der Waals surface area contributed by atoms with Gasteiger partial charge in [0.15, 0.2) is 5.69 Å². The Morgan fingerprint density at radius 1 is 1.35 bits per heavy atom. The van der Waals surface area contributed by atoms with E-state index in [0.29, 0.717) is 21.3 Å². The molecule has 0 bridgehead atoms. The van der Waals surface area contributed by atoms with Crippen LogP contribution in [0.2, 0.25) is 10.0 Å². The lowest BCUT2D eigenvalue weighted by molar-refractivity contribution is 0.776. The fraction of sp³-hybridized carbons (Fsp3) is 0.0909. The normalized spacial score (nSPS) is 10.3. The SMILES string of the molecule is [C-]#[N+]c1cc(Cl)c(Cl)cc1-c1c(Br)cnn1C. The van der Waals surface area contributed by atoms with Gasteiger partial charge in [-0.15, -0.1) is 0 Å². The standard InChI is InChI=1S/C11H6BrCl2N3/c1-15-10-4-9(14)8(13)3-6(10)11-7(12)5-16-17(11)2/h3-5H,2H3. The summed E-state index contributed by atoms with van der Waals surface area (Å²) < 4.78 is 2.49. The third-order valence-corrected chi connectivity index (χ3v) is 3.61. The van der Waals surface area contributed by atoms with Crippen LogP contribution >= 0.6 is 39.1 Å². The number of nitrogens with zero attached hydrogens (tertiary/aromatic N) is 3. The summed E-state index contributed by atoms with van der Waals surface area (Å²) in [5.74, 6) is 0. The Morgan fingerprint density at radius 2 is 2.00 bits per heavy atom. The van der Waals surface area contributed by atoms with E-state index in [1.807, 2.05) is 0 Å². The van der Waals surface area contributed by atoms with Crippen molar-refractivity contribution in [3.63, 3.8) is 0 Å². The molecular formula is C11H6BrCl2N3. The van der Waals surface area contributed by atoms with Gasteiger partial charge < -0.3 is 0 Å². The average Bonchev–Trinajstić information content (AvgIpc) is 2.62. The van der Waals surface area contributed by atoms with Crippen LogP contribution in [0, 0.1) is 6.57 Å². The molecule has 0 saturated carbocycles. The first-order valence-corrected chi connectivity index (χ1v) is 6.14. The van der Waals surface area contributed by atoms with Gasteiger partial charge in [-0.3, -0.25) is 4.68 Å². The third-order valence-electron chi connectivity index (χ3n) is 2.31. The Bertz CT molecular complexity index is 609. The monoisotopic (exact) mass is 329 g/mol. The minimum atomic E-state index is 0.375. The Hall–Kier alpha value is -1.02. The first-order valence-electron chi connectivity index (χ1n) is 4.59. The molecule has 6 heteroatoms. The van der Waals surface area contributed by atoms with Crippen LogP contribution in [0.1, 0.15) is 0 Å². The molecule has 1 aromatic carbocycles. The van der Waals surface area contributed by atoms with E-state index in [0.717, 1.165) is 10.2 Å². The van der Waals surface area contributed by atoms with Crippen LogP contribution < -0.4 is 0 Å². The molecule has 0 aliphatic heterocycles. The second-order valence-electron chi connectivity index (χ2n) is 3.36. The van der Waals surface area contributed by atoms with E-state index in [4.69, 9.17) is 29.8 Å². The number of aryl methyl sites for hydroxylation is 1. The van der Waals surface area contributed by atoms with Crippen molar-refractivity contribution in [2.24, 2.45) is 7.05 Å². The molecule has 86 valence electrons. The maximum atomic E-state index is 7.17. The number of hydrogen-bond acceptors (Lipinski definition) is 1. The highest BCUT2D eigenvalue weighted by atomic mass is 79.9. The van der Waals surface area contributed by atoms with Crippen LogP contribution in [0.3, 0.4) is 0 Å². The van der Waals surface area contributed by atoms with E-state index in [1.165, 1.54) is 0 Å². The summed E-state index contributed by atoms with van der Waals surface area (Å²) in [5.41, 5.74) is 1.96. The molecule has 0 aliphatic rings. The minimum absolute atomic E-state index is 0.375. The zero-order valence-electron chi connectivity index (χ0n) is 8.71. The van der Waals surface area contributed by atoms with E-state index in [1.54, 1.807) is 30.1 Å². The van der Waals surface area contributed by atoms with Crippen molar-refractivity contribution in [1.29, 1.82) is 0 Å². The second-order valence-corrected chi connectivity index (χ2v) is 5.03. The van der Waals surface area contributed by atoms with Crippen molar-refractivity contribution in [1.82, 2.24) is 9.78 Å². The molecule has 0 unspecified atom stereocenters. The molecule has 0 radical (unpaired) electrons. The minimum Gasteiger partial charge on any atom is -0.268 e. The molecule has 0 aliphatic carbocycles. The van der Waals surface area contributed by atoms with Crippen molar-refractivity contribution in [2.75, 3.05) is 0 Å². The van der Waals surface area contributed by atoms with Gasteiger partial charge in [-0.25, -0.2) is 4.85 Å². The van der Waals surface area contributed by atoms with Gasteiger partial charge in [0.05, 0.1) is 28.0 Å². The van der Waals surface area contributed by atoms with Crippen molar-refractivity contribution < 1.29 is 0 Å². The van der Waals surface area contributed by atoms with Gasteiger partial charge in [0.2, 0.25) is 0 Å². The topological polar surface area (TPSA) is 22.2 Å². The summed E-state index contributed by atoms with van der Waals surface area (Å²) in [7, 11) is 1.80. The summed E-state index contributed by atoms with van der Waals surface area (Å²) in [6.45, 7) is 7.17. The quantitative estimate of drug-likeness (QED) is 0.694. The lowest BCUT2D eigenvalue weighted by Gasteiger charge is -2.07. The number of halogens is 3. The first-order chi connectivity index (χ1) is 8.04. The molecule has 17 heavy (non-hydrogen) atoms. The van der Waals surface area contributed by atoms with Crippen LogP contribution in [-0.2, 0) is 7.05 Å². The molecule has 0 atom stereocenters. The van der Waals surface area contributed by atoms with Gasteiger partial charge >= 0.3 is 0 Å². The summed E-state index contributed by atoms with van der Waals surface area (Å²) in [6, 6.07) is 3.24. The number of hydrogen-bond donors (Lipinski definition) is 0. The van der Waals surface area contributed by atoms with Crippen LogP contribution in [0.4, 0.5) is 5.69 Å². The first kappa shape index (κ1) is 12.4. The highest BCUT2D eigenvalue weighted by Gasteiger charge is 2.15. The van der Waals surface area contributed by atoms with Gasteiger partial charge in [0, 0.05) is 17.6 Å². The molecule has 0 N–H and O–H groups in total. The zero-order chi connectivity index (χ0) is 12.6. The van der Waals surface area contributed by atoms with Crippen LogP contribution in [0.5, 0.6) is 0 Å². The highest BCUT2D eigenvalue weighted by Crippen LogP contribution is 2.39.